The summed E-state index contributed by atoms with van der Waals surface area (Å²) in [5, 5.41) is 2.60. The number of nitrogens with two attached hydrogens (primary N) is 1. The van der Waals surface area contributed by atoms with Crippen LogP contribution in [0.25, 0.3) is 10.8 Å². The molecule has 5 nitrogen and oxygen atoms in total. The van der Waals surface area contributed by atoms with Gasteiger partial charge in [-0.05, 0) is 78.3 Å². The van der Waals surface area contributed by atoms with Gasteiger partial charge in [0.2, 0.25) is 0 Å². The molecule has 2 aromatic carbocycles. The van der Waals surface area contributed by atoms with Gasteiger partial charge in [0.15, 0.2) is 5.78 Å². The smallest absolute Gasteiger partial charge is 0.404 e. The van der Waals surface area contributed by atoms with E-state index in [-0.39, 0.29) is 18.3 Å². The zero-order valence-corrected chi connectivity index (χ0v) is 18.1. The van der Waals surface area contributed by atoms with E-state index in [0.29, 0.717) is 23.2 Å². The quantitative estimate of drug-likeness (QED) is 0.498. The van der Waals surface area contributed by atoms with Crippen LogP contribution in [0.3, 0.4) is 0 Å². The lowest BCUT2D eigenvalue weighted by molar-refractivity contribution is 0.0877. The molecule has 0 aliphatic heterocycles. The van der Waals surface area contributed by atoms with Gasteiger partial charge in [-0.3, -0.25) is 4.79 Å². The van der Waals surface area contributed by atoms with Crippen LogP contribution < -0.4 is 5.73 Å². The number of fused-ring (bicyclic) bond motifs is 1. The Bertz CT molecular complexity index is 1160. The van der Waals surface area contributed by atoms with Gasteiger partial charge in [-0.15, -0.1) is 0 Å². The molecule has 0 radical (unpaired) electrons. The van der Waals surface area contributed by atoms with Crippen molar-refractivity contribution < 1.29 is 14.3 Å². The molecule has 1 amide bonds. The van der Waals surface area contributed by atoms with Crippen molar-refractivity contribution in [3.63, 3.8) is 0 Å². The number of amides is 1. The average Bonchev–Trinajstić information content (AvgIpc) is 3.67. The summed E-state index contributed by atoms with van der Waals surface area (Å²) in [5.41, 5.74) is 8.68. The Hall–Kier alpha value is -3.21. The van der Waals surface area contributed by atoms with Crippen molar-refractivity contribution in [2.24, 2.45) is 11.7 Å². The standard InChI is InChI=1S/C27H28N2O3/c28-27(31)32-16-21-14-15-24(19-8-9-19)25(29-21)26(30)20-12-10-18(11-13-20)23-7-3-5-17-4-1-2-6-22(17)23/h1-7,14-15,18-20H,8-13,16H2,(H2,28,31). The number of carbonyl (C=O) groups is 2. The summed E-state index contributed by atoms with van der Waals surface area (Å²) in [5.74, 6) is 1.05. The van der Waals surface area contributed by atoms with Gasteiger partial charge in [-0.2, -0.15) is 0 Å². The van der Waals surface area contributed by atoms with Crippen LogP contribution in [0.5, 0.6) is 0 Å². The van der Waals surface area contributed by atoms with E-state index in [1.165, 1.54) is 16.3 Å². The van der Waals surface area contributed by atoms with E-state index in [1.54, 1.807) is 0 Å². The van der Waals surface area contributed by atoms with Gasteiger partial charge in [0.1, 0.15) is 12.3 Å². The van der Waals surface area contributed by atoms with Crippen molar-refractivity contribution in [2.45, 2.75) is 57.0 Å². The predicted octanol–water partition coefficient (Wildman–Crippen LogP) is 5.86. The van der Waals surface area contributed by atoms with Gasteiger partial charge >= 0.3 is 6.09 Å². The number of ketones is 1. The molecule has 2 aliphatic carbocycles. The van der Waals surface area contributed by atoms with Crippen LogP contribution in [0.2, 0.25) is 0 Å². The molecule has 5 rings (SSSR count). The Morgan fingerprint density at radius 2 is 1.53 bits per heavy atom. The second-order valence-corrected chi connectivity index (χ2v) is 9.10. The molecule has 32 heavy (non-hydrogen) atoms. The molecule has 0 saturated heterocycles. The maximum absolute atomic E-state index is 13.5. The van der Waals surface area contributed by atoms with Crippen LogP contribution >= 0.6 is 0 Å². The largest absolute Gasteiger partial charge is 0.443 e. The highest BCUT2D eigenvalue weighted by Crippen LogP contribution is 2.44. The van der Waals surface area contributed by atoms with E-state index in [2.05, 4.69) is 47.4 Å². The summed E-state index contributed by atoms with van der Waals surface area (Å²) in [6.07, 6.45) is 5.14. The van der Waals surface area contributed by atoms with Crippen LogP contribution in [0.1, 0.15) is 77.7 Å². The molecule has 0 spiro atoms. The average molecular weight is 429 g/mol. The first-order valence-electron chi connectivity index (χ1n) is 11.5. The second kappa shape index (κ2) is 8.73. The summed E-state index contributed by atoms with van der Waals surface area (Å²) < 4.78 is 4.89. The maximum atomic E-state index is 13.5. The Labute approximate surface area is 188 Å². The normalized spacial score (nSPS) is 20.8. The van der Waals surface area contributed by atoms with E-state index in [4.69, 9.17) is 10.5 Å². The Morgan fingerprint density at radius 1 is 0.844 bits per heavy atom. The fraction of sp³-hybridized carbons (Fsp3) is 0.370. The summed E-state index contributed by atoms with van der Waals surface area (Å²) in [4.78, 5) is 29.1. The molecule has 2 aliphatic rings. The van der Waals surface area contributed by atoms with E-state index < -0.39 is 6.09 Å². The number of hydrogen-bond donors (Lipinski definition) is 1. The summed E-state index contributed by atoms with van der Waals surface area (Å²) in [6, 6.07) is 18.9. The van der Waals surface area contributed by atoms with E-state index >= 15 is 0 Å². The van der Waals surface area contributed by atoms with Gasteiger partial charge in [-0.1, -0.05) is 48.5 Å². The molecule has 2 fully saturated rings. The lowest BCUT2D eigenvalue weighted by atomic mass is 9.75. The van der Waals surface area contributed by atoms with Crippen LogP contribution in [0.15, 0.2) is 54.6 Å². The molecule has 0 bridgehead atoms. The molecule has 2 N–H and O–H groups in total. The number of hydrogen-bond acceptors (Lipinski definition) is 4. The topological polar surface area (TPSA) is 82.3 Å². The second-order valence-electron chi connectivity index (χ2n) is 9.10. The number of Topliss-reactive ketones (excluding diaryl/α,β-unsaturated/α-hetero) is 1. The number of rotatable bonds is 6. The molecule has 5 heteroatoms. The van der Waals surface area contributed by atoms with E-state index in [9.17, 15) is 9.59 Å². The predicted molar refractivity (Wildman–Crippen MR) is 124 cm³/mol. The number of ether oxygens (including phenoxy) is 1. The van der Waals surface area contributed by atoms with Gasteiger partial charge in [-0.25, -0.2) is 9.78 Å². The number of nitrogens with zero attached hydrogens (tertiary/aromatic N) is 1. The van der Waals surface area contributed by atoms with E-state index in [1.807, 2.05) is 12.1 Å². The van der Waals surface area contributed by atoms with Crippen LogP contribution in [-0.4, -0.2) is 16.9 Å². The molecule has 1 aromatic heterocycles. The first-order chi connectivity index (χ1) is 15.6. The summed E-state index contributed by atoms with van der Waals surface area (Å²) >= 11 is 0. The van der Waals surface area contributed by atoms with Crippen molar-refractivity contribution in [3.05, 3.63) is 77.1 Å². The third kappa shape index (κ3) is 4.24. The highest BCUT2D eigenvalue weighted by atomic mass is 16.5. The molecule has 0 unspecified atom stereocenters. The van der Waals surface area contributed by atoms with Crippen LogP contribution in [-0.2, 0) is 11.3 Å². The third-order valence-corrected chi connectivity index (χ3v) is 6.96. The first-order valence-corrected chi connectivity index (χ1v) is 11.5. The fourth-order valence-corrected chi connectivity index (χ4v) is 5.12. The first kappa shape index (κ1) is 20.7. The van der Waals surface area contributed by atoms with E-state index in [0.717, 1.165) is 44.1 Å². The van der Waals surface area contributed by atoms with Crippen LogP contribution in [0.4, 0.5) is 4.79 Å². The maximum Gasteiger partial charge on any atom is 0.404 e. The SMILES string of the molecule is NC(=O)OCc1ccc(C2CC2)c(C(=O)C2CCC(c3cccc4ccccc34)CC2)n1. The molecule has 0 atom stereocenters. The Kier molecular flexibility index (Phi) is 5.64. The van der Waals surface area contributed by atoms with Gasteiger partial charge in [0.05, 0.1) is 5.69 Å². The molecule has 1 heterocycles. The van der Waals surface area contributed by atoms with Gasteiger partial charge in [0, 0.05) is 5.92 Å². The minimum Gasteiger partial charge on any atom is -0.443 e. The minimum absolute atomic E-state index is 0.00136. The monoisotopic (exact) mass is 428 g/mol. The molecular formula is C27H28N2O3. The number of benzene rings is 2. The summed E-state index contributed by atoms with van der Waals surface area (Å²) in [7, 11) is 0. The van der Waals surface area contributed by atoms with Crippen LogP contribution in [0, 0.1) is 5.92 Å². The lowest BCUT2D eigenvalue weighted by Gasteiger charge is -2.29. The molecule has 164 valence electrons. The van der Waals surface area contributed by atoms with Crippen molar-refractivity contribution in [1.29, 1.82) is 0 Å². The summed E-state index contributed by atoms with van der Waals surface area (Å²) in [6.45, 7) is -0.00557. The minimum atomic E-state index is -0.835. The highest BCUT2D eigenvalue weighted by molar-refractivity contribution is 5.98. The van der Waals surface area contributed by atoms with Crippen molar-refractivity contribution in [2.75, 3.05) is 0 Å². The van der Waals surface area contributed by atoms with Gasteiger partial charge in [0.25, 0.3) is 0 Å². The zero-order chi connectivity index (χ0) is 22.1. The number of carbonyl (C=O) groups excluding carboxylic acids is 2. The molecular weight excluding hydrogens is 400 g/mol. The number of primary amides is 1. The Balaban J connectivity index is 1.33. The van der Waals surface area contributed by atoms with Crippen molar-refractivity contribution >= 4 is 22.6 Å². The highest BCUT2D eigenvalue weighted by Gasteiger charge is 2.34. The molecule has 2 saturated carbocycles. The van der Waals surface area contributed by atoms with Crippen molar-refractivity contribution in [3.8, 4) is 0 Å². The fourth-order valence-electron chi connectivity index (χ4n) is 5.12. The Morgan fingerprint density at radius 3 is 2.28 bits per heavy atom. The molecule has 3 aromatic rings. The van der Waals surface area contributed by atoms with Gasteiger partial charge < -0.3 is 10.5 Å². The number of pyridine rings is 1. The van der Waals surface area contributed by atoms with Crippen molar-refractivity contribution in [1.82, 2.24) is 4.98 Å². The lowest BCUT2D eigenvalue weighted by Crippen LogP contribution is -2.24. The number of aromatic nitrogens is 1. The third-order valence-electron chi connectivity index (χ3n) is 6.96. The zero-order valence-electron chi connectivity index (χ0n) is 18.1.